The SMILES string of the molecule is NC(=O)c1cc(-c2cccnc2C(Cc2cc(F)cc(F)c2)NC(=O)Cn2nc(C(F)(F)OCc3ccccn3)c3c2CCCC3)ccc1OCc1ccccn1. The lowest BCUT2D eigenvalue weighted by Crippen LogP contribution is -2.34. The average molecular weight is 780 g/mol. The van der Waals surface area contributed by atoms with Crippen LogP contribution in [0.3, 0.4) is 0 Å². The molecule has 57 heavy (non-hydrogen) atoms. The second-order valence-corrected chi connectivity index (χ2v) is 13.5. The van der Waals surface area contributed by atoms with Gasteiger partial charge in [-0.2, -0.15) is 13.9 Å². The molecule has 0 radical (unpaired) electrons. The standard InChI is InChI=1S/C42H37F4N7O4/c43-28-18-26(19-29(44)22-28)20-35(39-32(11-7-17-50-39)27-13-14-37(34(21-27)41(47)55)56-24-30-8-3-5-15-48-30)51-38(54)23-53-36-12-2-1-10-33(36)40(52-53)42(45,46)57-25-31-9-4-6-16-49-31/h3-9,11,13-19,21-22,35H,1-2,10,12,20,23-25H2,(H2,47,55)(H,51,54). The molecular weight excluding hydrogens is 742 g/mol. The van der Waals surface area contributed by atoms with Gasteiger partial charge in [0.25, 0.3) is 5.91 Å². The van der Waals surface area contributed by atoms with Crippen molar-refractivity contribution >= 4 is 11.8 Å². The minimum Gasteiger partial charge on any atom is -0.486 e. The quantitative estimate of drug-likeness (QED) is 0.107. The van der Waals surface area contributed by atoms with E-state index in [0.717, 1.165) is 18.2 Å². The summed E-state index contributed by atoms with van der Waals surface area (Å²) >= 11 is 0. The van der Waals surface area contributed by atoms with Gasteiger partial charge in [-0.05, 0) is 97.8 Å². The lowest BCUT2D eigenvalue weighted by Gasteiger charge is -2.22. The zero-order valence-corrected chi connectivity index (χ0v) is 30.5. The van der Waals surface area contributed by atoms with E-state index < -0.39 is 54.4 Å². The molecule has 0 fully saturated rings. The number of hydrogen-bond acceptors (Lipinski definition) is 8. The van der Waals surface area contributed by atoms with E-state index in [0.29, 0.717) is 65.1 Å². The molecule has 2 aromatic carbocycles. The van der Waals surface area contributed by atoms with Gasteiger partial charge < -0.3 is 20.5 Å². The Hall–Kier alpha value is -6.48. The molecule has 4 aromatic heterocycles. The molecule has 292 valence electrons. The molecule has 0 saturated carbocycles. The monoisotopic (exact) mass is 779 g/mol. The van der Waals surface area contributed by atoms with Gasteiger partial charge in [0.05, 0.1) is 35.3 Å². The van der Waals surface area contributed by atoms with Crippen LogP contribution < -0.4 is 15.8 Å². The average Bonchev–Trinajstić information content (AvgIpc) is 3.58. The van der Waals surface area contributed by atoms with E-state index in [4.69, 9.17) is 15.2 Å². The number of fused-ring (bicyclic) bond motifs is 1. The van der Waals surface area contributed by atoms with Crippen LogP contribution in [0.2, 0.25) is 0 Å². The number of nitrogens with two attached hydrogens (primary N) is 1. The number of aromatic nitrogens is 5. The Labute approximate surface area is 324 Å². The summed E-state index contributed by atoms with van der Waals surface area (Å²) in [7, 11) is 0. The summed E-state index contributed by atoms with van der Waals surface area (Å²) in [4.78, 5) is 39.4. The Morgan fingerprint density at radius 1 is 0.842 bits per heavy atom. The van der Waals surface area contributed by atoms with Crippen LogP contribution in [-0.2, 0) is 54.7 Å². The van der Waals surface area contributed by atoms with Gasteiger partial charge in [0.15, 0.2) is 5.69 Å². The third-order valence-corrected chi connectivity index (χ3v) is 9.48. The molecule has 1 atom stereocenters. The van der Waals surface area contributed by atoms with Crippen LogP contribution in [0.1, 0.15) is 68.8 Å². The molecule has 1 unspecified atom stereocenters. The number of primary amides is 1. The highest BCUT2D eigenvalue weighted by atomic mass is 19.3. The number of carbonyl (C=O) groups is 2. The molecule has 7 rings (SSSR count). The van der Waals surface area contributed by atoms with Gasteiger partial charge >= 0.3 is 6.11 Å². The first-order valence-corrected chi connectivity index (χ1v) is 18.2. The molecule has 0 saturated heterocycles. The van der Waals surface area contributed by atoms with Gasteiger partial charge in [0, 0.05) is 41.5 Å². The van der Waals surface area contributed by atoms with Crippen LogP contribution in [-0.4, -0.2) is 36.5 Å². The van der Waals surface area contributed by atoms with E-state index in [1.165, 1.54) is 23.1 Å². The number of pyridine rings is 3. The maximum absolute atomic E-state index is 15.6. The number of benzene rings is 2. The van der Waals surface area contributed by atoms with Crippen LogP contribution in [0.25, 0.3) is 11.1 Å². The van der Waals surface area contributed by atoms with Crippen molar-refractivity contribution in [1.29, 1.82) is 0 Å². The topological polar surface area (TPSA) is 147 Å². The van der Waals surface area contributed by atoms with Crippen LogP contribution in [0.4, 0.5) is 17.6 Å². The second-order valence-electron chi connectivity index (χ2n) is 13.5. The van der Waals surface area contributed by atoms with E-state index in [2.05, 4.69) is 25.4 Å². The normalized spacial score (nSPS) is 13.1. The van der Waals surface area contributed by atoms with Gasteiger partial charge in [0.2, 0.25) is 5.91 Å². The number of amides is 2. The Bertz CT molecular complexity index is 2360. The Balaban J connectivity index is 1.19. The predicted octanol–water partition coefficient (Wildman–Crippen LogP) is 6.94. The summed E-state index contributed by atoms with van der Waals surface area (Å²) in [6, 6.07) is 20.5. The zero-order chi connectivity index (χ0) is 39.9. The van der Waals surface area contributed by atoms with E-state index in [-0.39, 0.29) is 29.9 Å². The molecule has 4 heterocycles. The summed E-state index contributed by atoms with van der Waals surface area (Å²) in [6.45, 7) is -0.816. The molecule has 11 nitrogen and oxygen atoms in total. The van der Waals surface area contributed by atoms with Crippen molar-refractivity contribution < 1.29 is 36.6 Å². The second kappa shape index (κ2) is 17.1. The summed E-state index contributed by atoms with van der Waals surface area (Å²) in [6.07, 6.45) is 2.85. The first-order valence-electron chi connectivity index (χ1n) is 18.2. The Kier molecular flexibility index (Phi) is 11.6. The highest BCUT2D eigenvalue weighted by molar-refractivity contribution is 5.97. The van der Waals surface area contributed by atoms with Crippen LogP contribution >= 0.6 is 0 Å². The maximum Gasteiger partial charge on any atom is 0.402 e. The fourth-order valence-corrected chi connectivity index (χ4v) is 6.90. The lowest BCUT2D eigenvalue weighted by molar-refractivity contribution is -0.259. The van der Waals surface area contributed by atoms with Crippen molar-refractivity contribution in [3.8, 4) is 16.9 Å². The molecule has 3 N–H and O–H groups in total. The lowest BCUT2D eigenvalue weighted by atomic mass is 9.94. The summed E-state index contributed by atoms with van der Waals surface area (Å²) in [5.74, 6) is -2.79. The number of halogens is 4. The third kappa shape index (κ3) is 9.32. The van der Waals surface area contributed by atoms with Crippen LogP contribution in [0.5, 0.6) is 5.75 Å². The summed E-state index contributed by atoms with van der Waals surface area (Å²) < 4.78 is 72.3. The smallest absolute Gasteiger partial charge is 0.402 e. The molecule has 0 spiro atoms. The summed E-state index contributed by atoms with van der Waals surface area (Å²) in [5, 5.41) is 7.13. The summed E-state index contributed by atoms with van der Waals surface area (Å²) in [5.41, 5.74) is 8.55. The number of rotatable bonds is 15. The number of carbonyl (C=O) groups excluding carboxylic acids is 2. The molecular formula is C42H37F4N7O4. The number of hydrogen-bond donors (Lipinski definition) is 2. The van der Waals surface area contributed by atoms with Gasteiger partial charge in [-0.15, -0.1) is 0 Å². The van der Waals surface area contributed by atoms with Crippen molar-refractivity contribution in [3.05, 3.63) is 160 Å². The molecule has 1 aliphatic carbocycles. The maximum atomic E-state index is 15.6. The fourth-order valence-electron chi connectivity index (χ4n) is 6.90. The van der Waals surface area contributed by atoms with Gasteiger partial charge in [0.1, 0.15) is 30.5 Å². The highest BCUT2D eigenvalue weighted by Gasteiger charge is 2.41. The molecule has 15 heteroatoms. The zero-order valence-electron chi connectivity index (χ0n) is 30.5. The first kappa shape index (κ1) is 38.8. The van der Waals surface area contributed by atoms with E-state index >= 15 is 8.78 Å². The minimum absolute atomic E-state index is 0.0751. The number of ether oxygens (including phenoxy) is 2. The van der Waals surface area contributed by atoms with Crippen LogP contribution in [0, 0.1) is 11.6 Å². The number of alkyl halides is 2. The van der Waals surface area contributed by atoms with E-state index in [1.807, 2.05) is 0 Å². The van der Waals surface area contributed by atoms with Gasteiger partial charge in [-0.1, -0.05) is 24.3 Å². The Morgan fingerprint density at radius 3 is 2.25 bits per heavy atom. The molecule has 6 aromatic rings. The Morgan fingerprint density at radius 2 is 1.54 bits per heavy atom. The van der Waals surface area contributed by atoms with Crippen molar-refractivity contribution in [2.24, 2.45) is 5.73 Å². The van der Waals surface area contributed by atoms with Crippen molar-refractivity contribution in [1.82, 2.24) is 30.0 Å². The third-order valence-electron chi connectivity index (χ3n) is 9.48. The molecule has 0 bridgehead atoms. The minimum atomic E-state index is -3.77. The first-order chi connectivity index (χ1) is 27.5. The largest absolute Gasteiger partial charge is 0.486 e. The van der Waals surface area contributed by atoms with Crippen LogP contribution in [0.15, 0.2) is 104 Å². The van der Waals surface area contributed by atoms with Crippen molar-refractivity contribution in [2.75, 3.05) is 0 Å². The molecule has 0 aliphatic heterocycles. The predicted molar refractivity (Wildman–Crippen MR) is 199 cm³/mol. The van der Waals surface area contributed by atoms with Crippen molar-refractivity contribution in [3.63, 3.8) is 0 Å². The number of nitrogens with one attached hydrogen (secondary N) is 1. The molecule has 1 aliphatic rings. The van der Waals surface area contributed by atoms with Gasteiger partial charge in [-0.25, -0.2) is 8.78 Å². The van der Waals surface area contributed by atoms with Gasteiger partial charge in [-0.3, -0.25) is 29.2 Å². The highest BCUT2D eigenvalue weighted by Crippen LogP contribution is 2.37. The van der Waals surface area contributed by atoms with E-state index in [9.17, 15) is 18.4 Å². The van der Waals surface area contributed by atoms with Crippen molar-refractivity contribution in [2.45, 2.75) is 64.0 Å². The fraction of sp³-hybridized carbons (Fsp3) is 0.238. The number of nitrogens with zero attached hydrogens (tertiary/aromatic N) is 5. The van der Waals surface area contributed by atoms with E-state index in [1.54, 1.807) is 66.9 Å². The molecule has 2 amide bonds.